The molecule has 5 aromatic carbocycles. The summed E-state index contributed by atoms with van der Waals surface area (Å²) < 4.78 is 3.63. The van der Waals surface area contributed by atoms with Gasteiger partial charge in [-0.05, 0) is 45.7 Å². The predicted molar refractivity (Wildman–Crippen MR) is 149 cm³/mol. The first kappa shape index (κ1) is 19.4. The van der Waals surface area contributed by atoms with Crippen LogP contribution in [-0.2, 0) is 5.41 Å². The smallest absolute Gasteiger partial charge is 0.195 e. The fraction of sp³-hybridized carbons (Fsp3) is 0.0938. The van der Waals surface area contributed by atoms with Gasteiger partial charge >= 0.3 is 0 Å². The third kappa shape index (κ3) is 2.41. The maximum absolute atomic E-state index is 5.12. The third-order valence-corrected chi connectivity index (χ3v) is 8.86. The summed E-state index contributed by atoms with van der Waals surface area (Å²) in [7, 11) is 0. The van der Waals surface area contributed by atoms with Gasteiger partial charge in [-0.3, -0.25) is 4.57 Å². The van der Waals surface area contributed by atoms with E-state index in [0.29, 0.717) is 0 Å². The minimum Gasteiger partial charge on any atom is -0.285 e. The first-order valence-corrected chi connectivity index (χ1v) is 12.9. The van der Waals surface area contributed by atoms with E-state index in [9.17, 15) is 0 Å². The van der Waals surface area contributed by atoms with E-state index in [0.717, 1.165) is 10.6 Å². The lowest BCUT2D eigenvalue weighted by Crippen LogP contribution is -2.14. The highest BCUT2D eigenvalue weighted by Gasteiger charge is 2.38. The van der Waals surface area contributed by atoms with Crippen LogP contribution < -0.4 is 0 Å². The molecule has 35 heavy (non-hydrogen) atoms. The maximum Gasteiger partial charge on any atom is 0.195 e. The number of fused-ring (bicyclic) bond motifs is 10. The number of thiazole rings is 1. The molecule has 166 valence electrons. The number of hydrogen-bond donors (Lipinski definition) is 0. The molecular formula is C32H22N2S. The quantitative estimate of drug-likeness (QED) is 0.236. The zero-order valence-electron chi connectivity index (χ0n) is 19.5. The van der Waals surface area contributed by atoms with Gasteiger partial charge in [0.2, 0.25) is 0 Å². The van der Waals surface area contributed by atoms with Crippen LogP contribution in [-0.4, -0.2) is 9.55 Å². The van der Waals surface area contributed by atoms with Gasteiger partial charge < -0.3 is 0 Å². The van der Waals surface area contributed by atoms with Crippen molar-refractivity contribution in [2.45, 2.75) is 19.3 Å². The Labute approximate surface area is 207 Å². The van der Waals surface area contributed by atoms with Crippen LogP contribution in [0.5, 0.6) is 0 Å². The summed E-state index contributed by atoms with van der Waals surface area (Å²) >= 11 is 1.77. The summed E-state index contributed by atoms with van der Waals surface area (Å²) in [6, 6.07) is 35.3. The van der Waals surface area contributed by atoms with E-state index in [1.165, 1.54) is 59.5 Å². The molecule has 1 aliphatic carbocycles. The Morgan fingerprint density at radius 2 is 1.37 bits per heavy atom. The number of benzene rings is 5. The molecule has 0 N–H and O–H groups in total. The van der Waals surface area contributed by atoms with Gasteiger partial charge in [-0.25, -0.2) is 4.98 Å². The lowest BCUT2D eigenvalue weighted by molar-refractivity contribution is 0.661. The van der Waals surface area contributed by atoms with Crippen molar-refractivity contribution in [2.24, 2.45) is 0 Å². The summed E-state index contributed by atoms with van der Waals surface area (Å²) in [5.41, 5.74) is 8.98. The van der Waals surface area contributed by atoms with Crippen LogP contribution in [0, 0.1) is 0 Å². The third-order valence-electron chi connectivity index (χ3n) is 7.84. The Morgan fingerprint density at radius 1 is 0.657 bits per heavy atom. The Balaban J connectivity index is 1.62. The molecule has 0 radical (unpaired) electrons. The molecule has 3 heteroatoms. The molecule has 7 aromatic rings. The van der Waals surface area contributed by atoms with Gasteiger partial charge in [-0.2, -0.15) is 0 Å². The molecule has 0 fully saturated rings. The lowest BCUT2D eigenvalue weighted by Gasteiger charge is -2.21. The van der Waals surface area contributed by atoms with E-state index in [1.54, 1.807) is 11.3 Å². The van der Waals surface area contributed by atoms with E-state index in [-0.39, 0.29) is 5.41 Å². The van der Waals surface area contributed by atoms with Crippen molar-refractivity contribution >= 4 is 54.1 Å². The topological polar surface area (TPSA) is 17.8 Å². The highest BCUT2D eigenvalue weighted by Crippen LogP contribution is 2.55. The van der Waals surface area contributed by atoms with Crippen LogP contribution in [0.1, 0.15) is 25.0 Å². The number of nitrogens with zero attached hydrogens (tertiary/aromatic N) is 2. The molecule has 0 atom stereocenters. The number of aromatic nitrogens is 2. The van der Waals surface area contributed by atoms with E-state index in [2.05, 4.69) is 115 Å². The molecule has 0 bridgehead atoms. The summed E-state index contributed by atoms with van der Waals surface area (Å²) in [5, 5.41) is 6.20. The summed E-state index contributed by atoms with van der Waals surface area (Å²) in [6.07, 6.45) is 0. The van der Waals surface area contributed by atoms with Gasteiger partial charge in [-0.1, -0.05) is 104 Å². The predicted octanol–water partition coefficient (Wildman–Crippen LogP) is 8.85. The molecule has 2 heterocycles. The second-order valence-electron chi connectivity index (χ2n) is 10.0. The molecule has 2 aromatic heterocycles. The molecule has 0 saturated heterocycles. The summed E-state index contributed by atoms with van der Waals surface area (Å²) in [5.74, 6) is 0. The van der Waals surface area contributed by atoms with Crippen LogP contribution in [0.4, 0.5) is 0 Å². The van der Waals surface area contributed by atoms with Gasteiger partial charge in [0.05, 0.1) is 21.3 Å². The normalized spacial score (nSPS) is 14.2. The van der Waals surface area contributed by atoms with Crippen molar-refractivity contribution in [3.63, 3.8) is 0 Å². The highest BCUT2D eigenvalue weighted by molar-refractivity contribution is 7.20. The van der Waals surface area contributed by atoms with Crippen LogP contribution in [0.15, 0.2) is 97.1 Å². The minimum atomic E-state index is -0.0717. The largest absolute Gasteiger partial charge is 0.285 e. The number of para-hydroxylation sites is 2. The Kier molecular flexibility index (Phi) is 3.64. The Morgan fingerprint density at radius 3 is 2.26 bits per heavy atom. The maximum atomic E-state index is 5.12. The molecule has 2 nitrogen and oxygen atoms in total. The van der Waals surface area contributed by atoms with Gasteiger partial charge in [0.15, 0.2) is 5.13 Å². The highest BCUT2D eigenvalue weighted by atomic mass is 32.1. The van der Waals surface area contributed by atoms with Crippen molar-refractivity contribution in [3.05, 3.63) is 108 Å². The summed E-state index contributed by atoms with van der Waals surface area (Å²) in [4.78, 5) is 5.12. The molecule has 0 unspecified atom stereocenters. The lowest BCUT2D eigenvalue weighted by atomic mass is 9.82. The van der Waals surface area contributed by atoms with Crippen LogP contribution in [0.25, 0.3) is 59.1 Å². The van der Waals surface area contributed by atoms with Crippen LogP contribution >= 0.6 is 11.3 Å². The molecule has 8 rings (SSSR count). The molecule has 0 saturated carbocycles. The summed E-state index contributed by atoms with van der Waals surface area (Å²) in [6.45, 7) is 4.73. The molecule has 0 spiro atoms. The van der Waals surface area contributed by atoms with Crippen molar-refractivity contribution in [3.8, 4) is 16.3 Å². The first-order valence-electron chi connectivity index (χ1n) is 12.1. The Bertz CT molecular complexity index is 1950. The fourth-order valence-corrected chi connectivity index (χ4v) is 7.18. The standard InChI is InChI=1S/C32H22N2S/c1-32(2)23-17-15-19-9-3-4-10-20(19)28(23)29-24(32)18-16-22-21-11-5-7-13-26(21)34(30(22)29)31-33-25-12-6-8-14-27(25)35-31/h3-18H,1-2H3. The van der Waals surface area contributed by atoms with E-state index >= 15 is 0 Å². The zero-order valence-corrected chi connectivity index (χ0v) is 20.4. The van der Waals surface area contributed by atoms with Gasteiger partial charge in [0, 0.05) is 21.8 Å². The fourth-order valence-electron chi connectivity index (χ4n) is 6.19. The molecule has 1 aliphatic rings. The SMILES string of the molecule is CC1(C)c2ccc3ccccc3c2-c2c1ccc1c3ccccc3n(-c3nc4ccccc4s3)c21. The minimum absolute atomic E-state index is 0.0717. The van der Waals surface area contributed by atoms with E-state index in [1.807, 2.05) is 0 Å². The number of hydrogen-bond acceptors (Lipinski definition) is 2. The van der Waals surface area contributed by atoms with Gasteiger partial charge in [0.25, 0.3) is 0 Å². The second-order valence-corrected chi connectivity index (χ2v) is 11.0. The number of rotatable bonds is 1. The van der Waals surface area contributed by atoms with Crippen molar-refractivity contribution in [1.29, 1.82) is 0 Å². The molecule has 0 aliphatic heterocycles. The van der Waals surface area contributed by atoms with Crippen molar-refractivity contribution < 1.29 is 0 Å². The first-order chi connectivity index (χ1) is 17.1. The zero-order chi connectivity index (χ0) is 23.3. The molecular weight excluding hydrogens is 444 g/mol. The van der Waals surface area contributed by atoms with Crippen LogP contribution in [0.3, 0.4) is 0 Å². The van der Waals surface area contributed by atoms with Crippen LogP contribution in [0.2, 0.25) is 0 Å². The second kappa shape index (κ2) is 6.59. The average Bonchev–Trinajstić information content (AvgIpc) is 3.52. The van der Waals surface area contributed by atoms with Gasteiger partial charge in [0.1, 0.15) is 0 Å². The monoisotopic (exact) mass is 466 g/mol. The van der Waals surface area contributed by atoms with Gasteiger partial charge in [-0.15, -0.1) is 0 Å². The van der Waals surface area contributed by atoms with E-state index < -0.39 is 0 Å². The Hall–Kier alpha value is -3.95. The van der Waals surface area contributed by atoms with E-state index in [4.69, 9.17) is 4.98 Å². The average molecular weight is 467 g/mol. The molecule has 0 amide bonds. The van der Waals surface area contributed by atoms with Crippen molar-refractivity contribution in [1.82, 2.24) is 9.55 Å². The van der Waals surface area contributed by atoms with Crippen molar-refractivity contribution in [2.75, 3.05) is 0 Å².